The normalized spacial score (nSPS) is 13.1. The summed E-state index contributed by atoms with van der Waals surface area (Å²) in [6, 6.07) is 12.8. The maximum atomic E-state index is 11.2. The molecule has 0 aliphatic heterocycles. The quantitative estimate of drug-likeness (QED) is 0.433. The first kappa shape index (κ1) is 18.4. The summed E-state index contributed by atoms with van der Waals surface area (Å²) in [5.74, 6) is 0.710. The molecule has 0 fully saturated rings. The Hall–Kier alpha value is -3.59. The Labute approximate surface area is 176 Å². The summed E-state index contributed by atoms with van der Waals surface area (Å²) in [4.78, 5) is 19.9. The SMILES string of the molecule is O=C(O)c1cccc(Nc2nnc(Nc3nc4ccccc4s3)c3c2CCCC3)n1. The lowest BCUT2D eigenvalue weighted by Crippen LogP contribution is -2.13. The molecule has 0 atom stereocenters. The minimum absolute atomic E-state index is 0.0176. The van der Waals surface area contributed by atoms with Crippen LogP contribution in [0.25, 0.3) is 10.2 Å². The van der Waals surface area contributed by atoms with E-state index in [1.54, 1.807) is 23.5 Å². The summed E-state index contributed by atoms with van der Waals surface area (Å²) < 4.78 is 1.12. The van der Waals surface area contributed by atoms with Crippen LogP contribution in [0.2, 0.25) is 0 Å². The van der Waals surface area contributed by atoms with E-state index >= 15 is 0 Å². The molecular weight excluding hydrogens is 400 g/mol. The molecule has 1 aromatic carbocycles. The van der Waals surface area contributed by atoms with E-state index in [2.05, 4.69) is 30.8 Å². The zero-order valence-electron chi connectivity index (χ0n) is 15.9. The van der Waals surface area contributed by atoms with Crippen LogP contribution in [0.5, 0.6) is 0 Å². The van der Waals surface area contributed by atoms with Gasteiger partial charge in [0.05, 0.1) is 10.2 Å². The Balaban J connectivity index is 1.47. The zero-order chi connectivity index (χ0) is 20.5. The van der Waals surface area contributed by atoms with Crippen molar-refractivity contribution in [2.24, 2.45) is 0 Å². The molecule has 3 N–H and O–H groups in total. The van der Waals surface area contributed by atoms with Gasteiger partial charge in [0.25, 0.3) is 0 Å². The summed E-state index contributed by atoms with van der Waals surface area (Å²) in [6.45, 7) is 0. The number of carboxylic acids is 1. The molecule has 0 spiro atoms. The van der Waals surface area contributed by atoms with Crippen LogP contribution in [0.15, 0.2) is 42.5 Å². The standard InChI is InChI=1S/C21H18N6O2S/c28-20(29)15-9-5-11-17(22-15)24-18-12-6-1-2-7-13(12)19(27-26-18)25-21-23-14-8-3-4-10-16(14)30-21/h3-5,8-11H,1-2,6-7H2,(H,28,29)(H,22,24,26)(H,23,25,27). The van der Waals surface area contributed by atoms with Gasteiger partial charge in [-0.15, -0.1) is 10.2 Å². The maximum Gasteiger partial charge on any atom is 0.354 e. The molecule has 0 saturated heterocycles. The van der Waals surface area contributed by atoms with Crippen LogP contribution < -0.4 is 10.6 Å². The molecule has 0 radical (unpaired) electrons. The first-order valence-electron chi connectivity index (χ1n) is 9.66. The first-order chi connectivity index (χ1) is 14.7. The number of pyridine rings is 1. The average molecular weight is 418 g/mol. The second kappa shape index (κ2) is 7.68. The molecule has 5 rings (SSSR count). The Kier molecular flexibility index (Phi) is 4.72. The highest BCUT2D eigenvalue weighted by atomic mass is 32.1. The van der Waals surface area contributed by atoms with Crippen LogP contribution in [0.3, 0.4) is 0 Å². The maximum absolute atomic E-state index is 11.2. The van der Waals surface area contributed by atoms with Gasteiger partial charge in [-0.3, -0.25) is 0 Å². The van der Waals surface area contributed by atoms with Crippen molar-refractivity contribution in [1.29, 1.82) is 0 Å². The molecule has 150 valence electrons. The molecule has 0 saturated carbocycles. The van der Waals surface area contributed by atoms with E-state index < -0.39 is 5.97 Å². The van der Waals surface area contributed by atoms with Crippen LogP contribution in [0.4, 0.5) is 22.6 Å². The van der Waals surface area contributed by atoms with Gasteiger partial charge in [0, 0.05) is 11.1 Å². The van der Waals surface area contributed by atoms with E-state index in [-0.39, 0.29) is 5.69 Å². The molecule has 0 bridgehead atoms. The van der Waals surface area contributed by atoms with Gasteiger partial charge in [0.2, 0.25) is 0 Å². The van der Waals surface area contributed by atoms with E-state index in [1.165, 1.54) is 6.07 Å². The fourth-order valence-electron chi connectivity index (χ4n) is 3.62. The van der Waals surface area contributed by atoms with Crippen molar-refractivity contribution in [2.45, 2.75) is 25.7 Å². The number of nitrogens with zero attached hydrogens (tertiary/aromatic N) is 4. The Morgan fingerprint density at radius 3 is 2.37 bits per heavy atom. The molecule has 3 heterocycles. The van der Waals surface area contributed by atoms with Gasteiger partial charge in [-0.1, -0.05) is 29.5 Å². The highest BCUT2D eigenvalue weighted by Gasteiger charge is 2.21. The fraction of sp³-hybridized carbons (Fsp3) is 0.190. The van der Waals surface area contributed by atoms with E-state index in [0.29, 0.717) is 11.6 Å². The Morgan fingerprint density at radius 2 is 1.63 bits per heavy atom. The number of thiazole rings is 1. The van der Waals surface area contributed by atoms with E-state index in [1.807, 2.05) is 24.3 Å². The van der Waals surface area contributed by atoms with Crippen LogP contribution in [-0.4, -0.2) is 31.2 Å². The molecular formula is C21H18N6O2S. The molecule has 0 amide bonds. The van der Waals surface area contributed by atoms with Crippen LogP contribution in [0.1, 0.15) is 34.5 Å². The lowest BCUT2D eigenvalue weighted by Gasteiger charge is -2.21. The predicted octanol–water partition coefficient (Wildman–Crippen LogP) is 4.55. The van der Waals surface area contributed by atoms with Crippen molar-refractivity contribution in [3.8, 4) is 0 Å². The van der Waals surface area contributed by atoms with Gasteiger partial charge in [-0.05, 0) is 49.9 Å². The summed E-state index contributed by atoms with van der Waals surface area (Å²) >= 11 is 1.58. The number of carboxylic acid groups (broad SMARTS) is 1. The van der Waals surface area contributed by atoms with Crippen LogP contribution >= 0.6 is 11.3 Å². The number of rotatable bonds is 5. The summed E-state index contributed by atoms with van der Waals surface area (Å²) in [6.07, 6.45) is 3.92. The largest absolute Gasteiger partial charge is 0.477 e. The second-order valence-corrected chi connectivity index (χ2v) is 8.04. The van der Waals surface area contributed by atoms with Crippen LogP contribution in [-0.2, 0) is 12.8 Å². The number of para-hydroxylation sites is 1. The third-order valence-electron chi connectivity index (χ3n) is 5.02. The Bertz CT molecular complexity index is 1220. The third-order valence-corrected chi connectivity index (χ3v) is 5.98. The highest BCUT2D eigenvalue weighted by molar-refractivity contribution is 7.22. The number of carbonyl (C=O) groups is 1. The van der Waals surface area contributed by atoms with Gasteiger partial charge in [-0.2, -0.15) is 0 Å². The zero-order valence-corrected chi connectivity index (χ0v) is 16.7. The number of aromatic nitrogens is 4. The number of nitrogens with one attached hydrogen (secondary N) is 2. The summed E-state index contributed by atoms with van der Waals surface area (Å²) in [5.41, 5.74) is 3.14. The van der Waals surface area contributed by atoms with Crippen molar-refractivity contribution in [3.63, 3.8) is 0 Å². The van der Waals surface area contributed by atoms with Crippen LogP contribution in [0, 0.1) is 0 Å². The second-order valence-electron chi connectivity index (χ2n) is 7.01. The highest BCUT2D eigenvalue weighted by Crippen LogP contribution is 2.34. The van der Waals surface area contributed by atoms with Crippen molar-refractivity contribution < 1.29 is 9.90 Å². The number of anilines is 4. The minimum Gasteiger partial charge on any atom is -0.477 e. The lowest BCUT2D eigenvalue weighted by molar-refractivity contribution is 0.0690. The molecule has 1 aliphatic carbocycles. The van der Waals surface area contributed by atoms with Crippen molar-refractivity contribution >= 4 is 50.1 Å². The van der Waals surface area contributed by atoms with Crippen molar-refractivity contribution in [1.82, 2.24) is 20.2 Å². The van der Waals surface area contributed by atoms with Gasteiger partial charge in [0.15, 0.2) is 22.5 Å². The first-order valence-corrected chi connectivity index (χ1v) is 10.5. The molecule has 4 aromatic rings. The molecule has 1 aliphatic rings. The van der Waals surface area contributed by atoms with E-state index in [0.717, 1.165) is 58.0 Å². The smallest absolute Gasteiger partial charge is 0.354 e. The van der Waals surface area contributed by atoms with E-state index in [9.17, 15) is 4.79 Å². The molecule has 0 unspecified atom stereocenters. The monoisotopic (exact) mass is 418 g/mol. The van der Waals surface area contributed by atoms with Gasteiger partial charge in [-0.25, -0.2) is 14.8 Å². The molecule has 8 nitrogen and oxygen atoms in total. The summed E-state index contributed by atoms with van der Waals surface area (Å²) in [7, 11) is 0. The average Bonchev–Trinajstić information content (AvgIpc) is 3.18. The number of hydrogen-bond acceptors (Lipinski definition) is 8. The van der Waals surface area contributed by atoms with Gasteiger partial charge < -0.3 is 15.7 Å². The fourth-order valence-corrected chi connectivity index (χ4v) is 4.49. The number of aromatic carboxylic acids is 1. The summed E-state index contributed by atoms with van der Waals surface area (Å²) in [5, 5.41) is 25.2. The van der Waals surface area contributed by atoms with E-state index in [4.69, 9.17) is 5.11 Å². The Morgan fingerprint density at radius 1 is 0.900 bits per heavy atom. The van der Waals surface area contributed by atoms with Gasteiger partial charge >= 0.3 is 5.97 Å². The molecule has 9 heteroatoms. The minimum atomic E-state index is -1.07. The van der Waals surface area contributed by atoms with Gasteiger partial charge in [0.1, 0.15) is 5.82 Å². The number of fused-ring (bicyclic) bond motifs is 2. The predicted molar refractivity (Wildman–Crippen MR) is 116 cm³/mol. The van der Waals surface area contributed by atoms with Crippen molar-refractivity contribution in [2.75, 3.05) is 10.6 Å². The van der Waals surface area contributed by atoms with Crippen molar-refractivity contribution in [3.05, 3.63) is 59.3 Å². The third kappa shape index (κ3) is 3.55. The lowest BCUT2D eigenvalue weighted by atomic mass is 9.92. The number of benzene rings is 1. The topological polar surface area (TPSA) is 113 Å². The molecule has 30 heavy (non-hydrogen) atoms. The number of hydrogen-bond donors (Lipinski definition) is 3. The molecule has 3 aromatic heterocycles.